The second-order valence-electron chi connectivity index (χ2n) is 4.47. The summed E-state index contributed by atoms with van der Waals surface area (Å²) in [5, 5.41) is 18.9. The Kier molecular flexibility index (Phi) is 3.73. The van der Waals surface area contributed by atoms with Crippen LogP contribution in [0.4, 0.5) is 0 Å². The van der Waals surface area contributed by atoms with Crippen LogP contribution in [-0.4, -0.2) is 45.3 Å². The van der Waals surface area contributed by atoms with Crippen molar-refractivity contribution in [3.63, 3.8) is 0 Å². The number of aliphatic carboxylic acids is 1. The highest BCUT2D eigenvalue weighted by Crippen LogP contribution is 2.35. The third-order valence-corrected chi connectivity index (χ3v) is 3.71. The van der Waals surface area contributed by atoms with Gasteiger partial charge in [-0.15, -0.1) is 0 Å². The van der Waals surface area contributed by atoms with E-state index in [0.29, 0.717) is 12.8 Å². The Bertz CT molecular complexity index is 242. The summed E-state index contributed by atoms with van der Waals surface area (Å²) in [6.45, 7) is 6.28. The first-order chi connectivity index (χ1) is 6.95. The van der Waals surface area contributed by atoms with E-state index < -0.39 is 17.6 Å². The lowest BCUT2D eigenvalue weighted by Gasteiger charge is -2.39. The number of carbonyl (C=O) groups is 1. The zero-order valence-electron chi connectivity index (χ0n) is 9.73. The molecule has 0 bridgehead atoms. The molecule has 0 saturated carbocycles. The largest absolute Gasteiger partial charge is 0.480 e. The first kappa shape index (κ1) is 12.5. The van der Waals surface area contributed by atoms with Gasteiger partial charge in [-0.2, -0.15) is 0 Å². The monoisotopic (exact) mass is 215 g/mol. The average Bonchev–Trinajstić information content (AvgIpc) is 2.60. The fraction of sp³-hybridized carbons (Fsp3) is 0.909. The van der Waals surface area contributed by atoms with Crippen molar-refractivity contribution in [2.45, 2.75) is 57.7 Å². The molecule has 0 spiro atoms. The summed E-state index contributed by atoms with van der Waals surface area (Å²) in [6, 6.07) is -0.0939. The minimum atomic E-state index is -0.755. The Balaban J connectivity index is 2.92. The predicted octanol–water partition coefficient (Wildman–Crippen LogP) is 1.08. The number of nitrogens with zero attached hydrogens (tertiary/aromatic N) is 1. The molecule has 1 fully saturated rings. The molecule has 1 rings (SSSR count). The van der Waals surface area contributed by atoms with Crippen molar-refractivity contribution in [2.75, 3.05) is 6.54 Å². The van der Waals surface area contributed by atoms with Gasteiger partial charge in [0, 0.05) is 6.04 Å². The van der Waals surface area contributed by atoms with E-state index in [1.807, 2.05) is 18.7 Å². The molecule has 4 nitrogen and oxygen atoms in total. The minimum Gasteiger partial charge on any atom is -0.480 e. The van der Waals surface area contributed by atoms with E-state index in [4.69, 9.17) is 0 Å². The van der Waals surface area contributed by atoms with Crippen molar-refractivity contribution in [1.82, 2.24) is 4.90 Å². The van der Waals surface area contributed by atoms with Gasteiger partial charge in [0.25, 0.3) is 0 Å². The number of carboxylic acid groups (broad SMARTS) is 1. The van der Waals surface area contributed by atoms with Gasteiger partial charge in [0.1, 0.15) is 5.54 Å². The molecule has 3 atom stereocenters. The Morgan fingerprint density at radius 2 is 2.13 bits per heavy atom. The highest BCUT2D eigenvalue weighted by atomic mass is 16.4. The standard InChI is InChI=1S/C11H21NO3/c1-4-11(10(14)15)6-5-7-12(11)8(2)9(3)13/h8-9,13H,4-7H2,1-3H3,(H,14,15). The first-order valence-electron chi connectivity index (χ1n) is 5.64. The van der Waals surface area contributed by atoms with Gasteiger partial charge in [0.15, 0.2) is 0 Å². The summed E-state index contributed by atoms with van der Waals surface area (Å²) in [5.41, 5.74) is -0.754. The van der Waals surface area contributed by atoms with Crippen LogP contribution in [0, 0.1) is 0 Å². The predicted molar refractivity (Wildman–Crippen MR) is 57.7 cm³/mol. The Morgan fingerprint density at radius 1 is 1.53 bits per heavy atom. The molecule has 88 valence electrons. The summed E-state index contributed by atoms with van der Waals surface area (Å²) in [6.07, 6.45) is 1.69. The van der Waals surface area contributed by atoms with Gasteiger partial charge in [0.2, 0.25) is 0 Å². The van der Waals surface area contributed by atoms with Crippen molar-refractivity contribution in [1.29, 1.82) is 0 Å². The maximum atomic E-state index is 11.4. The normalized spacial score (nSPS) is 31.5. The molecule has 1 aliphatic rings. The molecule has 1 aliphatic heterocycles. The number of rotatable bonds is 4. The quantitative estimate of drug-likeness (QED) is 0.737. The highest BCUT2D eigenvalue weighted by molar-refractivity contribution is 5.79. The molecule has 3 unspecified atom stereocenters. The maximum absolute atomic E-state index is 11.4. The number of hydrogen-bond acceptors (Lipinski definition) is 3. The van der Waals surface area contributed by atoms with Crippen molar-refractivity contribution in [3.05, 3.63) is 0 Å². The van der Waals surface area contributed by atoms with Gasteiger partial charge < -0.3 is 10.2 Å². The summed E-state index contributed by atoms with van der Waals surface area (Å²) < 4.78 is 0. The van der Waals surface area contributed by atoms with E-state index in [0.717, 1.165) is 13.0 Å². The molecule has 1 heterocycles. The first-order valence-corrected chi connectivity index (χ1v) is 5.64. The lowest BCUT2D eigenvalue weighted by atomic mass is 9.91. The number of aliphatic hydroxyl groups is 1. The number of likely N-dealkylation sites (tertiary alicyclic amines) is 1. The molecule has 2 N–H and O–H groups in total. The number of hydrogen-bond donors (Lipinski definition) is 2. The molecule has 15 heavy (non-hydrogen) atoms. The second kappa shape index (κ2) is 4.49. The van der Waals surface area contributed by atoms with Crippen molar-refractivity contribution in [2.24, 2.45) is 0 Å². The summed E-state index contributed by atoms with van der Waals surface area (Å²) >= 11 is 0. The minimum absolute atomic E-state index is 0.0939. The molecule has 0 aromatic heterocycles. The average molecular weight is 215 g/mol. The molecule has 0 aliphatic carbocycles. The van der Waals surface area contributed by atoms with Crippen LogP contribution in [0.3, 0.4) is 0 Å². The van der Waals surface area contributed by atoms with Crippen LogP contribution in [0.25, 0.3) is 0 Å². The fourth-order valence-corrected chi connectivity index (χ4v) is 2.51. The van der Waals surface area contributed by atoms with Crippen molar-refractivity contribution in [3.8, 4) is 0 Å². The summed E-state index contributed by atoms with van der Waals surface area (Å²) in [5.74, 6) is -0.755. The zero-order valence-corrected chi connectivity index (χ0v) is 9.73. The Hall–Kier alpha value is -0.610. The van der Waals surface area contributed by atoms with Crippen LogP contribution in [0.1, 0.15) is 40.0 Å². The van der Waals surface area contributed by atoms with E-state index in [-0.39, 0.29) is 6.04 Å². The molecule has 4 heteroatoms. The lowest BCUT2D eigenvalue weighted by Crippen LogP contribution is -2.56. The van der Waals surface area contributed by atoms with Crippen molar-refractivity contribution >= 4 is 5.97 Å². The smallest absolute Gasteiger partial charge is 0.324 e. The molecule has 1 saturated heterocycles. The van der Waals surface area contributed by atoms with E-state index >= 15 is 0 Å². The fourth-order valence-electron chi connectivity index (χ4n) is 2.51. The number of aliphatic hydroxyl groups excluding tert-OH is 1. The van der Waals surface area contributed by atoms with Gasteiger partial charge in [0.05, 0.1) is 6.10 Å². The lowest BCUT2D eigenvalue weighted by molar-refractivity contribution is -0.152. The third-order valence-electron chi connectivity index (χ3n) is 3.71. The van der Waals surface area contributed by atoms with Crippen LogP contribution >= 0.6 is 0 Å². The van der Waals surface area contributed by atoms with Gasteiger partial charge in [-0.1, -0.05) is 6.92 Å². The van der Waals surface area contributed by atoms with Gasteiger partial charge >= 0.3 is 5.97 Å². The molecule has 0 radical (unpaired) electrons. The maximum Gasteiger partial charge on any atom is 0.324 e. The summed E-state index contributed by atoms with van der Waals surface area (Å²) in [7, 11) is 0. The van der Waals surface area contributed by atoms with Gasteiger partial charge in [-0.05, 0) is 39.7 Å². The van der Waals surface area contributed by atoms with Crippen LogP contribution in [0.15, 0.2) is 0 Å². The topological polar surface area (TPSA) is 60.8 Å². The highest BCUT2D eigenvalue weighted by Gasteiger charge is 2.48. The van der Waals surface area contributed by atoms with E-state index in [2.05, 4.69) is 0 Å². The Labute approximate surface area is 90.9 Å². The number of carboxylic acids is 1. The second-order valence-corrected chi connectivity index (χ2v) is 4.47. The molecule has 0 aromatic rings. The van der Waals surface area contributed by atoms with Crippen LogP contribution in [-0.2, 0) is 4.79 Å². The van der Waals surface area contributed by atoms with Crippen LogP contribution in [0.5, 0.6) is 0 Å². The molecular formula is C11H21NO3. The van der Waals surface area contributed by atoms with Crippen molar-refractivity contribution < 1.29 is 15.0 Å². The summed E-state index contributed by atoms with van der Waals surface area (Å²) in [4.78, 5) is 13.3. The molecular weight excluding hydrogens is 194 g/mol. The van der Waals surface area contributed by atoms with Gasteiger partial charge in [-0.3, -0.25) is 9.69 Å². The van der Waals surface area contributed by atoms with Crippen LogP contribution < -0.4 is 0 Å². The van der Waals surface area contributed by atoms with Crippen LogP contribution in [0.2, 0.25) is 0 Å². The Morgan fingerprint density at radius 3 is 2.53 bits per heavy atom. The van der Waals surface area contributed by atoms with E-state index in [9.17, 15) is 15.0 Å². The SMILES string of the molecule is CCC1(C(=O)O)CCCN1C(C)C(C)O. The zero-order chi connectivity index (χ0) is 11.6. The van der Waals surface area contributed by atoms with Gasteiger partial charge in [-0.25, -0.2) is 0 Å². The molecule has 0 aromatic carbocycles. The van der Waals surface area contributed by atoms with E-state index in [1.165, 1.54) is 0 Å². The third kappa shape index (κ3) is 2.01. The molecule has 0 amide bonds. The van der Waals surface area contributed by atoms with E-state index in [1.54, 1.807) is 6.92 Å².